The van der Waals surface area contributed by atoms with Crippen LogP contribution >= 0.6 is 11.6 Å². The van der Waals surface area contributed by atoms with Gasteiger partial charge in [0.1, 0.15) is 5.75 Å². The summed E-state index contributed by atoms with van der Waals surface area (Å²) in [6.45, 7) is 13.3. The van der Waals surface area contributed by atoms with E-state index in [0.29, 0.717) is 22.1 Å². The second-order valence-corrected chi connectivity index (χ2v) is 3.51. The first kappa shape index (κ1) is 14.4. The monoisotopic (exact) mass is 272 g/mol. The predicted octanol–water partition coefficient (Wildman–Crippen LogP) is 3.93. The number of nitrogens with zero attached hydrogens (tertiary/aromatic N) is 4. The molecular formula is C13H9ClN4O. The molecule has 0 saturated carbocycles. The van der Waals surface area contributed by atoms with Crippen LogP contribution in [-0.4, -0.2) is 17.1 Å². The van der Waals surface area contributed by atoms with E-state index in [1.54, 1.807) is 24.5 Å². The lowest BCUT2D eigenvalue weighted by atomic mass is 10.4. The zero-order valence-corrected chi connectivity index (χ0v) is 10.8. The van der Waals surface area contributed by atoms with Crippen LogP contribution in [0.15, 0.2) is 36.9 Å². The van der Waals surface area contributed by atoms with E-state index in [1.807, 2.05) is 0 Å². The van der Waals surface area contributed by atoms with Gasteiger partial charge in [-0.1, -0.05) is 11.6 Å². The summed E-state index contributed by atoms with van der Waals surface area (Å²) in [6, 6.07) is 3.20. The van der Waals surface area contributed by atoms with Gasteiger partial charge in [-0.05, 0) is 12.1 Å². The van der Waals surface area contributed by atoms with Gasteiger partial charge in [-0.25, -0.2) is 9.69 Å². The highest BCUT2D eigenvalue weighted by Crippen LogP contribution is 2.24. The van der Waals surface area contributed by atoms with Crippen molar-refractivity contribution in [3.63, 3.8) is 0 Å². The molecule has 2 aromatic rings. The molecule has 19 heavy (non-hydrogen) atoms. The fraction of sp³-hybridized carbons (Fsp3) is 0.0769. The average molecular weight is 273 g/mol. The summed E-state index contributed by atoms with van der Waals surface area (Å²) in [4.78, 5) is 13.9. The van der Waals surface area contributed by atoms with E-state index in [4.69, 9.17) is 29.5 Å². The van der Waals surface area contributed by atoms with E-state index < -0.39 is 0 Å². The first-order chi connectivity index (χ1) is 9.22. The lowest BCUT2D eigenvalue weighted by Crippen LogP contribution is -1.82. The molecule has 0 aliphatic heterocycles. The number of rotatable bonds is 1. The summed E-state index contributed by atoms with van der Waals surface area (Å²) in [7, 11) is 1.52. The first-order valence-electron chi connectivity index (χ1n) is 5.05. The zero-order chi connectivity index (χ0) is 14.1. The van der Waals surface area contributed by atoms with Crippen LogP contribution in [0.2, 0.25) is 5.02 Å². The maximum atomic E-state index is 6.71. The molecule has 0 bridgehead atoms. The molecule has 0 saturated heterocycles. The Morgan fingerprint density at radius 3 is 2.05 bits per heavy atom. The topological polar surface area (TPSA) is 43.7 Å². The maximum absolute atomic E-state index is 6.71. The van der Waals surface area contributed by atoms with E-state index >= 15 is 0 Å². The highest BCUT2D eigenvalue weighted by molar-refractivity contribution is 6.33. The molecule has 6 heteroatoms. The van der Waals surface area contributed by atoms with Crippen molar-refractivity contribution in [1.82, 2.24) is 9.97 Å². The molecule has 0 atom stereocenters. The fourth-order valence-electron chi connectivity index (χ4n) is 1.08. The highest BCUT2D eigenvalue weighted by Gasteiger charge is 1.98. The Morgan fingerprint density at radius 1 is 1.05 bits per heavy atom. The number of hydrogen-bond donors (Lipinski definition) is 0. The maximum Gasteiger partial charge on any atom is 0.231 e. The molecule has 0 N–H and O–H groups in total. The molecule has 0 unspecified atom stereocenters. The van der Waals surface area contributed by atoms with Gasteiger partial charge in [-0.2, -0.15) is 0 Å². The molecule has 0 aliphatic carbocycles. The lowest BCUT2D eigenvalue weighted by molar-refractivity contribution is 0.415. The summed E-state index contributed by atoms with van der Waals surface area (Å²) in [6.07, 6.45) is 6.08. The Kier molecular flexibility index (Phi) is 5.81. The predicted molar refractivity (Wildman–Crippen MR) is 72.6 cm³/mol. The van der Waals surface area contributed by atoms with E-state index in [2.05, 4.69) is 19.7 Å². The Labute approximate surface area is 116 Å². The third kappa shape index (κ3) is 4.27. The minimum Gasteiger partial charge on any atom is -0.506 e. The summed E-state index contributed by atoms with van der Waals surface area (Å²) >= 11 is 5.55. The van der Waals surface area contributed by atoms with Crippen molar-refractivity contribution < 1.29 is 4.74 Å². The van der Waals surface area contributed by atoms with Gasteiger partial charge in [-0.3, -0.25) is 9.97 Å². The molecule has 0 fully saturated rings. The highest BCUT2D eigenvalue weighted by atomic mass is 35.5. The van der Waals surface area contributed by atoms with Crippen molar-refractivity contribution in [2.75, 3.05) is 7.11 Å². The van der Waals surface area contributed by atoms with Gasteiger partial charge in [0.25, 0.3) is 0 Å². The Hall–Kier alpha value is -2.63. The van der Waals surface area contributed by atoms with E-state index in [9.17, 15) is 0 Å². The quantitative estimate of drug-likeness (QED) is 0.739. The Bertz CT molecular complexity index is 631. The fourth-order valence-corrected chi connectivity index (χ4v) is 1.24. The average Bonchev–Trinajstić information content (AvgIpc) is 2.48. The summed E-state index contributed by atoms with van der Waals surface area (Å²) in [5, 5.41) is 0.410. The van der Waals surface area contributed by atoms with Crippen molar-refractivity contribution in [2.45, 2.75) is 0 Å². The van der Waals surface area contributed by atoms with Crippen molar-refractivity contribution in [1.29, 1.82) is 0 Å². The van der Waals surface area contributed by atoms with Gasteiger partial charge in [-0.15, -0.1) is 0 Å². The third-order valence-electron chi connectivity index (χ3n) is 1.97. The van der Waals surface area contributed by atoms with Crippen LogP contribution in [0.5, 0.6) is 5.75 Å². The number of hydrogen-bond acceptors (Lipinski definition) is 3. The molecule has 2 aromatic heterocycles. The molecule has 94 valence electrons. The SMILES string of the molecule is [C-]#[N+]c1ccncc1Cl.[C-]#[N+]c1ccncc1OC. The largest absolute Gasteiger partial charge is 0.506 e. The third-order valence-corrected chi connectivity index (χ3v) is 2.27. The van der Waals surface area contributed by atoms with E-state index in [-0.39, 0.29) is 0 Å². The van der Waals surface area contributed by atoms with Crippen molar-refractivity contribution in [3.05, 3.63) is 64.8 Å². The van der Waals surface area contributed by atoms with Gasteiger partial charge in [0.2, 0.25) is 11.4 Å². The molecule has 0 radical (unpaired) electrons. The van der Waals surface area contributed by atoms with E-state index in [1.165, 1.54) is 19.5 Å². The minimum atomic E-state index is 0.410. The van der Waals surface area contributed by atoms with Crippen LogP contribution in [0, 0.1) is 13.1 Å². The number of ether oxygens (including phenoxy) is 1. The molecule has 0 aliphatic rings. The molecular weight excluding hydrogens is 264 g/mol. The molecule has 0 amide bonds. The molecule has 0 aromatic carbocycles. The van der Waals surface area contributed by atoms with Gasteiger partial charge >= 0.3 is 0 Å². The molecule has 2 heterocycles. The van der Waals surface area contributed by atoms with Crippen molar-refractivity contribution >= 4 is 23.0 Å². The first-order valence-corrected chi connectivity index (χ1v) is 5.43. The number of halogens is 1. The lowest BCUT2D eigenvalue weighted by Gasteiger charge is -1.98. The number of methoxy groups -OCH3 is 1. The standard InChI is InChI=1S/C7H6N2O.C6H3ClN2/c1-8-6-3-4-9-5-7(6)10-2;1-8-6-2-3-9-4-5(6)7/h3-5H,2H3;2-4H. The summed E-state index contributed by atoms with van der Waals surface area (Å²) < 4.78 is 4.86. The minimum absolute atomic E-state index is 0.410. The van der Waals surface area contributed by atoms with E-state index in [0.717, 1.165) is 0 Å². The van der Waals surface area contributed by atoms with Gasteiger partial charge in [0, 0.05) is 18.6 Å². The normalized spacial score (nSPS) is 8.42. The smallest absolute Gasteiger partial charge is 0.231 e. The van der Waals surface area contributed by atoms with Gasteiger partial charge in [0.05, 0.1) is 31.5 Å². The summed E-state index contributed by atoms with van der Waals surface area (Å²) in [5.41, 5.74) is 0.948. The molecule has 0 spiro atoms. The Morgan fingerprint density at radius 2 is 1.63 bits per heavy atom. The van der Waals surface area contributed by atoms with Crippen LogP contribution in [0.4, 0.5) is 11.4 Å². The number of aromatic nitrogens is 2. The van der Waals surface area contributed by atoms with Gasteiger partial charge < -0.3 is 4.74 Å². The van der Waals surface area contributed by atoms with Crippen LogP contribution < -0.4 is 4.74 Å². The van der Waals surface area contributed by atoms with Crippen LogP contribution in [-0.2, 0) is 0 Å². The zero-order valence-electron chi connectivity index (χ0n) is 10.0. The Balaban J connectivity index is 0.000000191. The second kappa shape index (κ2) is 7.65. The van der Waals surface area contributed by atoms with Crippen LogP contribution in [0.3, 0.4) is 0 Å². The van der Waals surface area contributed by atoms with Gasteiger partial charge in [0.15, 0.2) is 0 Å². The summed E-state index contributed by atoms with van der Waals surface area (Å²) in [5.74, 6) is 0.525. The van der Waals surface area contributed by atoms with Crippen molar-refractivity contribution in [2.24, 2.45) is 0 Å². The van der Waals surface area contributed by atoms with Crippen molar-refractivity contribution in [3.8, 4) is 5.75 Å². The second-order valence-electron chi connectivity index (χ2n) is 3.10. The van der Waals surface area contributed by atoms with Crippen LogP contribution in [0.1, 0.15) is 0 Å². The molecule has 5 nitrogen and oxygen atoms in total. The van der Waals surface area contributed by atoms with Crippen LogP contribution in [0.25, 0.3) is 9.69 Å². The molecule has 2 rings (SSSR count). The number of pyridine rings is 2.